The number of alkyl halides is 3. The van der Waals surface area contributed by atoms with Gasteiger partial charge in [0.15, 0.2) is 5.82 Å². The first kappa shape index (κ1) is 18.7. The molecule has 3 aromatic rings. The van der Waals surface area contributed by atoms with Crippen molar-refractivity contribution in [1.29, 1.82) is 0 Å². The minimum absolute atomic E-state index is 0.0499. The first-order chi connectivity index (χ1) is 12.7. The van der Waals surface area contributed by atoms with E-state index in [-0.39, 0.29) is 10.7 Å². The molecule has 0 atom stereocenters. The topological polar surface area (TPSA) is 86.1 Å². The monoisotopic (exact) mass is 398 g/mol. The van der Waals surface area contributed by atoms with Gasteiger partial charge in [-0.15, -0.1) is 0 Å². The van der Waals surface area contributed by atoms with Crippen LogP contribution in [0.1, 0.15) is 5.56 Å². The molecule has 3 rings (SSSR count). The van der Waals surface area contributed by atoms with Crippen molar-refractivity contribution in [2.45, 2.75) is 11.1 Å². The van der Waals surface area contributed by atoms with Gasteiger partial charge in [-0.2, -0.15) is 18.3 Å². The molecular weight excluding hydrogens is 385 g/mol. The molecule has 0 saturated heterocycles. The molecule has 0 radical (unpaired) electrons. The number of aromatic nitrogens is 3. The molecule has 2 heterocycles. The fourth-order valence-corrected chi connectivity index (χ4v) is 3.12. The van der Waals surface area contributed by atoms with E-state index in [4.69, 9.17) is 4.74 Å². The number of halogens is 3. The molecule has 0 amide bonds. The summed E-state index contributed by atoms with van der Waals surface area (Å²) in [6.45, 7) is 0. The Bertz CT molecular complexity index is 1030. The van der Waals surface area contributed by atoms with Gasteiger partial charge in [0.05, 0.1) is 25.1 Å². The molecule has 0 aliphatic carbocycles. The quantitative estimate of drug-likeness (QED) is 0.714. The highest BCUT2D eigenvalue weighted by atomic mass is 32.2. The van der Waals surface area contributed by atoms with Gasteiger partial charge >= 0.3 is 6.18 Å². The van der Waals surface area contributed by atoms with E-state index in [0.717, 1.165) is 29.2 Å². The van der Waals surface area contributed by atoms with Crippen molar-refractivity contribution >= 4 is 15.7 Å². The van der Waals surface area contributed by atoms with E-state index in [1.165, 1.54) is 19.2 Å². The number of rotatable bonds is 5. The fourth-order valence-electron chi connectivity index (χ4n) is 2.13. The predicted molar refractivity (Wildman–Crippen MR) is 90.2 cm³/mol. The molecule has 2 aromatic heterocycles. The third-order valence-electron chi connectivity index (χ3n) is 3.52. The van der Waals surface area contributed by atoms with Crippen LogP contribution < -0.4 is 9.46 Å². The Morgan fingerprint density at radius 1 is 1.07 bits per heavy atom. The van der Waals surface area contributed by atoms with Gasteiger partial charge in [0.1, 0.15) is 10.6 Å². The molecule has 1 aromatic carbocycles. The molecule has 142 valence electrons. The minimum Gasteiger partial charge on any atom is -0.497 e. The lowest BCUT2D eigenvalue weighted by molar-refractivity contribution is -0.137. The summed E-state index contributed by atoms with van der Waals surface area (Å²) in [6.07, 6.45) is -1.63. The van der Waals surface area contributed by atoms with Gasteiger partial charge in [0.2, 0.25) is 0 Å². The van der Waals surface area contributed by atoms with Crippen LogP contribution in [0.2, 0.25) is 0 Å². The lowest BCUT2D eigenvalue weighted by atomic mass is 10.3. The van der Waals surface area contributed by atoms with Crippen LogP contribution in [0.3, 0.4) is 0 Å². The van der Waals surface area contributed by atoms with E-state index in [1.54, 1.807) is 12.1 Å². The number of methoxy groups -OCH3 is 1. The lowest BCUT2D eigenvalue weighted by Gasteiger charge is -2.07. The zero-order chi connectivity index (χ0) is 19.7. The average molecular weight is 398 g/mol. The third-order valence-corrected chi connectivity index (χ3v) is 4.86. The Kier molecular flexibility index (Phi) is 4.79. The third kappa shape index (κ3) is 4.19. The van der Waals surface area contributed by atoms with Gasteiger partial charge in [0.25, 0.3) is 10.0 Å². The standard InChI is InChI=1S/C16H13F3N4O3S/c1-26-13-5-3-12(4-6-13)22-27(24,25)14-9-21-23(10-14)15-7-2-11(8-20-15)16(17,18)19/h2-10,22H,1H3. The smallest absolute Gasteiger partial charge is 0.417 e. The highest BCUT2D eigenvalue weighted by Crippen LogP contribution is 2.28. The van der Waals surface area contributed by atoms with Gasteiger partial charge in [-0.3, -0.25) is 4.72 Å². The van der Waals surface area contributed by atoms with Crippen LogP contribution in [0.4, 0.5) is 18.9 Å². The molecule has 0 bridgehead atoms. The molecule has 7 nitrogen and oxygen atoms in total. The highest BCUT2D eigenvalue weighted by molar-refractivity contribution is 7.92. The summed E-state index contributed by atoms with van der Waals surface area (Å²) >= 11 is 0. The number of sulfonamides is 1. The van der Waals surface area contributed by atoms with Gasteiger partial charge in [-0.25, -0.2) is 18.1 Å². The molecular formula is C16H13F3N4O3S. The molecule has 0 unspecified atom stereocenters. The number of hydrogen-bond acceptors (Lipinski definition) is 5. The fraction of sp³-hybridized carbons (Fsp3) is 0.125. The van der Waals surface area contributed by atoms with Crippen molar-refractivity contribution in [3.63, 3.8) is 0 Å². The van der Waals surface area contributed by atoms with Crippen LogP contribution in [-0.4, -0.2) is 30.3 Å². The van der Waals surface area contributed by atoms with E-state index in [0.29, 0.717) is 17.6 Å². The summed E-state index contributed by atoms with van der Waals surface area (Å²) in [5.74, 6) is 0.619. The molecule has 1 N–H and O–H groups in total. The number of hydrogen-bond donors (Lipinski definition) is 1. The first-order valence-corrected chi connectivity index (χ1v) is 8.92. The minimum atomic E-state index is -4.51. The van der Waals surface area contributed by atoms with Crippen molar-refractivity contribution in [3.8, 4) is 11.6 Å². The van der Waals surface area contributed by atoms with Gasteiger partial charge in [-0.1, -0.05) is 0 Å². The number of benzene rings is 1. The van der Waals surface area contributed by atoms with Crippen molar-refractivity contribution in [2.75, 3.05) is 11.8 Å². The van der Waals surface area contributed by atoms with E-state index < -0.39 is 21.8 Å². The van der Waals surface area contributed by atoms with Crippen LogP contribution in [0.15, 0.2) is 59.9 Å². The summed E-state index contributed by atoms with van der Waals surface area (Å²) in [5, 5.41) is 3.85. The second-order valence-electron chi connectivity index (χ2n) is 5.36. The Balaban J connectivity index is 1.81. The SMILES string of the molecule is COc1ccc(NS(=O)(=O)c2cnn(-c3ccc(C(F)(F)F)cn3)c2)cc1. The van der Waals surface area contributed by atoms with E-state index in [1.807, 2.05) is 0 Å². The Morgan fingerprint density at radius 3 is 2.33 bits per heavy atom. The zero-order valence-corrected chi connectivity index (χ0v) is 14.6. The summed E-state index contributed by atoms with van der Waals surface area (Å²) in [4.78, 5) is 3.50. The van der Waals surface area contributed by atoms with E-state index in [9.17, 15) is 21.6 Å². The van der Waals surface area contributed by atoms with E-state index in [2.05, 4.69) is 14.8 Å². The lowest BCUT2D eigenvalue weighted by Crippen LogP contribution is -2.12. The molecule has 0 aliphatic rings. The number of anilines is 1. The van der Waals surface area contributed by atoms with Crippen molar-refractivity contribution in [1.82, 2.24) is 14.8 Å². The summed E-state index contributed by atoms with van der Waals surface area (Å²) in [5.41, 5.74) is -0.594. The van der Waals surface area contributed by atoms with E-state index >= 15 is 0 Å². The first-order valence-electron chi connectivity index (χ1n) is 7.44. The molecule has 0 saturated carbocycles. The average Bonchev–Trinajstić information content (AvgIpc) is 3.13. The summed E-state index contributed by atoms with van der Waals surface area (Å²) in [7, 11) is -2.44. The van der Waals surface area contributed by atoms with Gasteiger partial charge in [-0.05, 0) is 36.4 Å². The van der Waals surface area contributed by atoms with Crippen molar-refractivity contribution in [3.05, 3.63) is 60.6 Å². The summed E-state index contributed by atoms with van der Waals surface area (Å²) in [6, 6.07) is 8.17. The van der Waals surface area contributed by atoms with Crippen LogP contribution in [0.5, 0.6) is 5.75 Å². The number of nitrogens with zero attached hydrogens (tertiary/aromatic N) is 3. The van der Waals surface area contributed by atoms with Crippen LogP contribution >= 0.6 is 0 Å². The molecule has 0 spiro atoms. The molecule has 27 heavy (non-hydrogen) atoms. The highest BCUT2D eigenvalue weighted by Gasteiger charge is 2.30. The Morgan fingerprint density at radius 2 is 1.78 bits per heavy atom. The second kappa shape index (κ2) is 6.91. The van der Waals surface area contributed by atoms with Crippen molar-refractivity contribution in [2.24, 2.45) is 0 Å². The maximum absolute atomic E-state index is 12.6. The Labute approximate surface area is 152 Å². The van der Waals surface area contributed by atoms with Gasteiger partial charge < -0.3 is 4.74 Å². The van der Waals surface area contributed by atoms with Crippen LogP contribution in [0, 0.1) is 0 Å². The number of ether oxygens (including phenoxy) is 1. The van der Waals surface area contributed by atoms with Crippen LogP contribution in [0.25, 0.3) is 5.82 Å². The molecule has 0 aliphatic heterocycles. The molecule has 0 fully saturated rings. The maximum Gasteiger partial charge on any atom is 0.417 e. The normalized spacial score (nSPS) is 12.0. The predicted octanol–water partition coefficient (Wildman–Crippen LogP) is 3.10. The number of pyridine rings is 1. The molecule has 11 heteroatoms. The second-order valence-corrected chi connectivity index (χ2v) is 7.04. The summed E-state index contributed by atoms with van der Waals surface area (Å²) < 4.78 is 71.0. The zero-order valence-electron chi connectivity index (χ0n) is 13.8. The largest absolute Gasteiger partial charge is 0.497 e. The van der Waals surface area contributed by atoms with Crippen molar-refractivity contribution < 1.29 is 26.3 Å². The van der Waals surface area contributed by atoms with Crippen LogP contribution in [-0.2, 0) is 16.2 Å². The number of nitrogens with one attached hydrogen (secondary N) is 1. The maximum atomic E-state index is 12.6. The van der Waals surface area contributed by atoms with Gasteiger partial charge in [0, 0.05) is 11.9 Å². The Hall–Kier alpha value is -3.08.